The van der Waals surface area contributed by atoms with Gasteiger partial charge in [-0.2, -0.15) is 9.97 Å². The van der Waals surface area contributed by atoms with E-state index in [1.165, 1.54) is 16.2 Å². The van der Waals surface area contributed by atoms with Crippen molar-refractivity contribution >= 4 is 87.1 Å². The van der Waals surface area contributed by atoms with Crippen LogP contribution in [-0.2, 0) is 0 Å². The zero-order chi connectivity index (χ0) is 41.2. The first-order chi connectivity index (χ1) is 31.3. The van der Waals surface area contributed by atoms with Crippen molar-refractivity contribution in [1.29, 1.82) is 0 Å². The van der Waals surface area contributed by atoms with Gasteiger partial charge >= 0.3 is 0 Å². The van der Waals surface area contributed by atoms with Crippen LogP contribution in [0.1, 0.15) is 0 Å². The zero-order valence-electron chi connectivity index (χ0n) is 33.7. The minimum Gasteiger partial charge on any atom is -0.455 e. The number of benzene rings is 10. The monoisotopic (exact) mass is 803 g/mol. The van der Waals surface area contributed by atoms with Gasteiger partial charge < -0.3 is 8.98 Å². The van der Waals surface area contributed by atoms with Crippen LogP contribution >= 0.6 is 0 Å². The first kappa shape index (κ1) is 34.1. The molecule has 6 heteroatoms. The Hall–Kier alpha value is -8.61. The number of aromatic nitrogens is 5. The highest BCUT2D eigenvalue weighted by Gasteiger charge is 2.25. The number of nitrogens with zero attached hydrogens (tertiary/aromatic N) is 5. The summed E-state index contributed by atoms with van der Waals surface area (Å²) in [6.45, 7) is 0. The molecule has 10 aromatic carbocycles. The molecule has 0 N–H and O–H groups in total. The quantitative estimate of drug-likeness (QED) is 0.163. The normalized spacial score (nSPS) is 12.1. The molecule has 0 aliphatic heterocycles. The van der Waals surface area contributed by atoms with E-state index in [1.807, 2.05) is 18.2 Å². The number of furan rings is 1. The van der Waals surface area contributed by atoms with E-state index in [0.717, 1.165) is 98.9 Å². The second-order valence-corrected chi connectivity index (χ2v) is 16.3. The van der Waals surface area contributed by atoms with Gasteiger partial charge in [-0.25, -0.2) is 4.98 Å². The molecule has 292 valence electrons. The van der Waals surface area contributed by atoms with Crippen LogP contribution in [-0.4, -0.2) is 24.1 Å². The van der Waals surface area contributed by atoms with Crippen LogP contribution in [0.2, 0.25) is 0 Å². The lowest BCUT2D eigenvalue weighted by molar-refractivity contribution is 0.670. The number of rotatable bonds is 5. The lowest BCUT2D eigenvalue weighted by Gasteiger charge is -2.14. The molecule has 4 heterocycles. The number of fused-ring (bicyclic) bond motifs is 10. The van der Waals surface area contributed by atoms with E-state index in [0.29, 0.717) is 17.6 Å². The Morgan fingerprint density at radius 2 is 0.873 bits per heavy atom. The van der Waals surface area contributed by atoms with Crippen LogP contribution < -0.4 is 0 Å². The molecule has 0 saturated carbocycles. The molecule has 0 unspecified atom stereocenters. The number of para-hydroxylation sites is 3. The summed E-state index contributed by atoms with van der Waals surface area (Å²) in [5.74, 6) is 1.69. The fraction of sp³-hybridized carbons (Fsp3) is 0. The van der Waals surface area contributed by atoms with Gasteiger partial charge in [0.1, 0.15) is 11.2 Å². The Morgan fingerprint density at radius 3 is 1.56 bits per heavy atom. The van der Waals surface area contributed by atoms with Crippen molar-refractivity contribution in [2.75, 3.05) is 0 Å². The molecule has 4 aromatic heterocycles. The minimum absolute atomic E-state index is 0.537. The van der Waals surface area contributed by atoms with E-state index in [2.05, 4.69) is 191 Å². The maximum Gasteiger partial charge on any atom is 0.238 e. The SMILES string of the molecule is c1ccc(-c2nc(-c3cc4oc5c(-c6ccccc6)ccc6c7ccccc7c(c3)c4c56)nc(-n3c4ccccc4c4ccc5c6ccccc6n(-c6ccccc6)c5c43)n2)cc1. The first-order valence-electron chi connectivity index (χ1n) is 21.3. The highest BCUT2D eigenvalue weighted by atomic mass is 16.3. The third-order valence-electron chi connectivity index (χ3n) is 12.9. The fourth-order valence-corrected chi connectivity index (χ4v) is 10.2. The Balaban J connectivity index is 1.11. The maximum absolute atomic E-state index is 7.02. The standard InChI is InChI=1S/C57H33N5O/c1-4-16-34(17-5-1)38-28-29-43-39-22-10-11-23-40(39)46-32-36(33-49-50(46)51(43)54(38)63-49)56-58-55(35-18-6-2-7-19-35)59-57(60-56)62-48-27-15-13-25-42(48)45-31-30-44-41-24-12-14-26-47(41)61(52(44)53(45)62)37-20-8-3-9-21-37/h1-33H. The van der Waals surface area contributed by atoms with Gasteiger partial charge in [-0.1, -0.05) is 158 Å². The van der Waals surface area contributed by atoms with Gasteiger partial charge in [0.25, 0.3) is 0 Å². The molecule has 14 aromatic rings. The van der Waals surface area contributed by atoms with Crippen molar-refractivity contribution in [3.05, 3.63) is 200 Å². The number of hydrogen-bond donors (Lipinski definition) is 0. The van der Waals surface area contributed by atoms with Crippen LogP contribution in [0.3, 0.4) is 0 Å². The summed E-state index contributed by atoms with van der Waals surface area (Å²) in [4.78, 5) is 16.2. The van der Waals surface area contributed by atoms with Crippen molar-refractivity contribution < 1.29 is 4.42 Å². The molecule has 6 nitrogen and oxygen atoms in total. The van der Waals surface area contributed by atoms with Gasteiger partial charge in [-0.15, -0.1) is 0 Å². The average molecular weight is 804 g/mol. The molecule has 63 heavy (non-hydrogen) atoms. The van der Waals surface area contributed by atoms with Crippen LogP contribution in [0.5, 0.6) is 0 Å². The summed E-state index contributed by atoms with van der Waals surface area (Å²) in [5.41, 5.74) is 11.0. The molecular formula is C57H33N5O. The van der Waals surface area contributed by atoms with E-state index in [-0.39, 0.29) is 0 Å². The van der Waals surface area contributed by atoms with E-state index < -0.39 is 0 Å². The summed E-state index contributed by atoms with van der Waals surface area (Å²) in [5, 5.41) is 11.4. The Bertz CT molecular complexity index is 4130. The molecule has 0 spiro atoms. The molecule has 0 aliphatic carbocycles. The van der Waals surface area contributed by atoms with Gasteiger partial charge in [0.05, 0.1) is 22.1 Å². The topological polar surface area (TPSA) is 61.7 Å². The Kier molecular flexibility index (Phi) is 7.02. The maximum atomic E-state index is 7.02. The van der Waals surface area contributed by atoms with E-state index in [9.17, 15) is 0 Å². The predicted molar refractivity (Wildman–Crippen MR) is 258 cm³/mol. The van der Waals surface area contributed by atoms with Crippen LogP contribution in [0.15, 0.2) is 205 Å². The smallest absolute Gasteiger partial charge is 0.238 e. The Labute approximate surface area is 359 Å². The largest absolute Gasteiger partial charge is 0.455 e. The molecule has 0 fully saturated rings. The first-order valence-corrected chi connectivity index (χ1v) is 21.3. The molecular weight excluding hydrogens is 771 g/mol. The van der Waals surface area contributed by atoms with Crippen molar-refractivity contribution in [3.63, 3.8) is 0 Å². The molecule has 0 aliphatic rings. The van der Waals surface area contributed by atoms with Gasteiger partial charge in [0, 0.05) is 54.7 Å². The van der Waals surface area contributed by atoms with Gasteiger partial charge in [0.2, 0.25) is 5.95 Å². The average Bonchev–Trinajstić information content (AvgIpc) is 4.03. The predicted octanol–water partition coefficient (Wildman–Crippen LogP) is 14.7. The third-order valence-corrected chi connectivity index (χ3v) is 12.9. The fourth-order valence-electron chi connectivity index (χ4n) is 10.2. The summed E-state index contributed by atoms with van der Waals surface area (Å²) < 4.78 is 11.7. The molecule has 0 saturated heterocycles. The highest BCUT2D eigenvalue weighted by molar-refractivity contribution is 6.34. The lowest BCUT2D eigenvalue weighted by Crippen LogP contribution is -2.07. The van der Waals surface area contributed by atoms with Crippen molar-refractivity contribution in [2.24, 2.45) is 0 Å². The molecule has 0 bridgehead atoms. The van der Waals surface area contributed by atoms with Crippen molar-refractivity contribution in [2.45, 2.75) is 0 Å². The molecule has 0 radical (unpaired) electrons. The molecule has 0 atom stereocenters. The van der Waals surface area contributed by atoms with Crippen LogP contribution in [0.25, 0.3) is 133 Å². The van der Waals surface area contributed by atoms with Gasteiger partial charge in [-0.3, -0.25) is 4.57 Å². The lowest BCUT2D eigenvalue weighted by atomic mass is 9.91. The highest BCUT2D eigenvalue weighted by Crippen LogP contribution is 2.47. The third kappa shape index (κ3) is 4.86. The second kappa shape index (κ2) is 12.9. The Morgan fingerprint density at radius 1 is 0.349 bits per heavy atom. The summed E-state index contributed by atoms with van der Waals surface area (Å²) in [6.07, 6.45) is 0. The molecule has 0 amide bonds. The van der Waals surface area contributed by atoms with Gasteiger partial charge in [-0.05, 0) is 69.6 Å². The zero-order valence-corrected chi connectivity index (χ0v) is 33.7. The summed E-state index contributed by atoms with van der Waals surface area (Å²) in [6, 6.07) is 70.6. The molecule has 14 rings (SSSR count). The van der Waals surface area contributed by atoms with E-state index in [1.54, 1.807) is 0 Å². The van der Waals surface area contributed by atoms with Crippen molar-refractivity contribution in [1.82, 2.24) is 24.1 Å². The summed E-state index contributed by atoms with van der Waals surface area (Å²) >= 11 is 0. The van der Waals surface area contributed by atoms with Crippen molar-refractivity contribution in [3.8, 4) is 45.5 Å². The minimum atomic E-state index is 0.537. The summed E-state index contributed by atoms with van der Waals surface area (Å²) in [7, 11) is 0. The van der Waals surface area contributed by atoms with Gasteiger partial charge in [0.15, 0.2) is 11.6 Å². The number of hydrogen-bond acceptors (Lipinski definition) is 4. The van der Waals surface area contributed by atoms with E-state index >= 15 is 0 Å². The van der Waals surface area contributed by atoms with E-state index in [4.69, 9.17) is 19.4 Å². The van der Waals surface area contributed by atoms with Crippen LogP contribution in [0.4, 0.5) is 0 Å². The van der Waals surface area contributed by atoms with Crippen LogP contribution in [0, 0.1) is 0 Å². The second-order valence-electron chi connectivity index (χ2n) is 16.3.